The van der Waals surface area contributed by atoms with Crippen LogP contribution in [0.25, 0.3) is 22.2 Å². The van der Waals surface area contributed by atoms with E-state index in [1.807, 2.05) is 6.07 Å². The number of fused-ring (bicyclic) bond motifs is 1. The van der Waals surface area contributed by atoms with Gasteiger partial charge in [-0.1, -0.05) is 36.4 Å². The van der Waals surface area contributed by atoms with Crippen molar-refractivity contribution >= 4 is 26.8 Å². The van der Waals surface area contributed by atoms with Crippen LogP contribution in [0.5, 0.6) is 0 Å². The third-order valence-electron chi connectivity index (χ3n) is 6.51. The minimum atomic E-state index is -4.46. The molecule has 3 heterocycles. The van der Waals surface area contributed by atoms with Crippen molar-refractivity contribution in [3.05, 3.63) is 84.1 Å². The van der Waals surface area contributed by atoms with E-state index in [0.29, 0.717) is 41.5 Å². The number of carbonyl (C=O) groups excluding carboxylic acids is 1. The van der Waals surface area contributed by atoms with Gasteiger partial charge in [-0.25, -0.2) is 8.42 Å². The lowest BCUT2D eigenvalue weighted by molar-refractivity contribution is -0.137. The molecule has 1 aliphatic rings. The molecule has 0 N–H and O–H groups in total. The van der Waals surface area contributed by atoms with Crippen molar-refractivity contribution in [2.75, 3.05) is 6.54 Å². The first-order valence-corrected chi connectivity index (χ1v) is 13.2. The number of aryl methyl sites for hydroxylation is 1. The van der Waals surface area contributed by atoms with Crippen LogP contribution in [-0.4, -0.2) is 36.1 Å². The number of alkyl halides is 3. The summed E-state index contributed by atoms with van der Waals surface area (Å²) in [7, 11) is -3.98. The van der Waals surface area contributed by atoms with Crippen LogP contribution in [0.2, 0.25) is 0 Å². The highest BCUT2D eigenvalue weighted by atomic mass is 32.2. The number of hydrogen-bond donors (Lipinski definition) is 0. The molecule has 5 rings (SSSR count). The number of hydrogen-bond acceptors (Lipinski definition) is 5. The number of sulfonamides is 1. The third-order valence-corrected chi connectivity index (χ3v) is 8.28. The molecular formula is C27H23F3N2O4S. The number of aromatic nitrogens is 1. The van der Waals surface area contributed by atoms with Gasteiger partial charge in [-0.05, 0) is 49.1 Å². The first-order chi connectivity index (χ1) is 17.6. The van der Waals surface area contributed by atoms with E-state index in [0.717, 1.165) is 17.8 Å². The summed E-state index contributed by atoms with van der Waals surface area (Å²) in [5.41, 5.74) is 1.47. The summed E-state index contributed by atoms with van der Waals surface area (Å²) < 4.78 is 71.8. The highest BCUT2D eigenvalue weighted by molar-refractivity contribution is 7.89. The van der Waals surface area contributed by atoms with Gasteiger partial charge in [-0.3, -0.25) is 9.78 Å². The van der Waals surface area contributed by atoms with Crippen LogP contribution < -0.4 is 0 Å². The van der Waals surface area contributed by atoms with Crippen molar-refractivity contribution in [2.45, 2.75) is 43.0 Å². The molecule has 0 saturated carbocycles. The summed E-state index contributed by atoms with van der Waals surface area (Å²) in [5.74, 6) is -0.185. The predicted octanol–water partition coefficient (Wildman–Crippen LogP) is 5.87. The number of halogens is 3. The molecule has 10 heteroatoms. The molecule has 1 atom stereocenters. The average Bonchev–Trinajstić information content (AvgIpc) is 3.55. The first kappa shape index (κ1) is 25.2. The van der Waals surface area contributed by atoms with Gasteiger partial charge in [0.25, 0.3) is 10.0 Å². The first-order valence-electron chi connectivity index (χ1n) is 11.8. The Morgan fingerprint density at radius 1 is 1.05 bits per heavy atom. The highest BCUT2D eigenvalue weighted by Gasteiger charge is 2.40. The number of nitrogens with zero attached hydrogens (tertiary/aromatic N) is 2. The van der Waals surface area contributed by atoms with Crippen molar-refractivity contribution in [3.63, 3.8) is 0 Å². The van der Waals surface area contributed by atoms with E-state index in [1.165, 1.54) is 16.4 Å². The molecule has 2 aromatic carbocycles. The van der Waals surface area contributed by atoms with E-state index in [-0.39, 0.29) is 23.8 Å². The van der Waals surface area contributed by atoms with Gasteiger partial charge in [0, 0.05) is 36.2 Å². The van der Waals surface area contributed by atoms with Crippen molar-refractivity contribution < 1.29 is 30.8 Å². The van der Waals surface area contributed by atoms with Crippen molar-refractivity contribution in [3.8, 4) is 11.3 Å². The summed E-state index contributed by atoms with van der Waals surface area (Å²) in [6.45, 7) is 0.241. The molecule has 37 heavy (non-hydrogen) atoms. The van der Waals surface area contributed by atoms with E-state index in [1.54, 1.807) is 42.5 Å². The lowest BCUT2D eigenvalue weighted by Gasteiger charge is -2.21. The largest absolute Gasteiger partial charge is 0.443 e. The molecule has 0 radical (unpaired) electrons. The Kier molecular flexibility index (Phi) is 6.63. The number of benzene rings is 2. The maximum atomic E-state index is 13.3. The van der Waals surface area contributed by atoms with Crippen LogP contribution in [-0.2, 0) is 27.4 Å². The molecule has 0 amide bonds. The Hall–Kier alpha value is -3.50. The molecule has 1 saturated heterocycles. The zero-order chi connectivity index (χ0) is 26.2. The van der Waals surface area contributed by atoms with Crippen molar-refractivity contribution in [1.82, 2.24) is 9.29 Å². The van der Waals surface area contributed by atoms with Crippen LogP contribution in [0.15, 0.2) is 82.4 Å². The van der Waals surface area contributed by atoms with E-state index in [2.05, 4.69) is 4.98 Å². The van der Waals surface area contributed by atoms with Crippen LogP contribution in [0, 0.1) is 0 Å². The van der Waals surface area contributed by atoms with E-state index in [4.69, 9.17) is 4.42 Å². The molecule has 1 aliphatic heterocycles. The second kappa shape index (κ2) is 9.75. The maximum absolute atomic E-state index is 13.3. The summed E-state index contributed by atoms with van der Waals surface area (Å²) in [4.78, 5) is 17.0. The summed E-state index contributed by atoms with van der Waals surface area (Å²) in [6.07, 6.45) is -2.16. The zero-order valence-corrected chi connectivity index (χ0v) is 20.4. The van der Waals surface area contributed by atoms with Gasteiger partial charge >= 0.3 is 6.18 Å². The number of furan rings is 1. The van der Waals surface area contributed by atoms with Gasteiger partial charge in [-0.2, -0.15) is 17.5 Å². The molecule has 2 aromatic heterocycles. The Balaban J connectivity index is 1.28. The number of para-hydroxylation sites is 1. The number of carbonyl (C=O) groups is 1. The van der Waals surface area contributed by atoms with Crippen molar-refractivity contribution in [1.29, 1.82) is 0 Å². The Morgan fingerprint density at radius 2 is 1.86 bits per heavy atom. The average molecular weight is 529 g/mol. The minimum Gasteiger partial charge on any atom is -0.443 e. The van der Waals surface area contributed by atoms with Crippen LogP contribution in [0.1, 0.15) is 30.4 Å². The van der Waals surface area contributed by atoms with Gasteiger partial charge in [0.2, 0.25) is 5.09 Å². The van der Waals surface area contributed by atoms with Gasteiger partial charge in [0.1, 0.15) is 5.58 Å². The van der Waals surface area contributed by atoms with E-state index >= 15 is 0 Å². The smallest absolute Gasteiger partial charge is 0.417 e. The molecule has 192 valence electrons. The van der Waals surface area contributed by atoms with E-state index < -0.39 is 27.8 Å². The number of ketones is 1. The summed E-state index contributed by atoms with van der Waals surface area (Å²) in [6, 6.07) is 17.1. The molecule has 0 bridgehead atoms. The fourth-order valence-electron chi connectivity index (χ4n) is 4.60. The quantitative estimate of drug-likeness (QED) is 0.300. The van der Waals surface area contributed by atoms with Crippen LogP contribution >= 0.6 is 0 Å². The zero-order valence-electron chi connectivity index (χ0n) is 19.6. The second-order valence-electron chi connectivity index (χ2n) is 8.97. The lowest BCUT2D eigenvalue weighted by Crippen LogP contribution is -2.40. The topological polar surface area (TPSA) is 80.5 Å². The van der Waals surface area contributed by atoms with Gasteiger partial charge in [0.15, 0.2) is 5.78 Å². The second-order valence-corrected chi connectivity index (χ2v) is 10.8. The summed E-state index contributed by atoms with van der Waals surface area (Å²) >= 11 is 0. The fourth-order valence-corrected chi connectivity index (χ4v) is 6.23. The standard InChI is InChI=1S/C27H23F3N2O4S/c28-27(29,30)21-11-12-22(31-17-21)19-7-3-5-18(15-19)10-13-24(33)23-8-4-14-32(23)37(34,35)26-16-20-6-1-2-9-25(20)36-26/h1-3,5-7,9,11-12,15-17,23H,4,8,10,13-14H2/t23-/m0/s1. The van der Waals surface area contributed by atoms with Gasteiger partial charge < -0.3 is 4.42 Å². The van der Waals surface area contributed by atoms with Gasteiger partial charge in [-0.15, -0.1) is 0 Å². The molecule has 0 aliphatic carbocycles. The fraction of sp³-hybridized carbons (Fsp3) is 0.259. The van der Waals surface area contributed by atoms with Crippen LogP contribution in [0.3, 0.4) is 0 Å². The molecule has 4 aromatic rings. The Labute approximate surface area is 211 Å². The van der Waals surface area contributed by atoms with Crippen LogP contribution in [0.4, 0.5) is 13.2 Å². The van der Waals surface area contributed by atoms with E-state index in [9.17, 15) is 26.4 Å². The molecule has 6 nitrogen and oxygen atoms in total. The highest BCUT2D eigenvalue weighted by Crippen LogP contribution is 2.32. The third kappa shape index (κ3) is 5.17. The van der Waals surface area contributed by atoms with Crippen molar-refractivity contribution in [2.24, 2.45) is 0 Å². The predicted molar refractivity (Wildman–Crippen MR) is 131 cm³/mol. The SMILES string of the molecule is O=C(CCc1cccc(-c2ccc(C(F)(F)F)cn2)c1)[C@@H]1CCCN1S(=O)(=O)c1cc2ccccc2o1. The number of rotatable bonds is 7. The molecule has 0 spiro atoms. The number of pyridine rings is 1. The maximum Gasteiger partial charge on any atom is 0.417 e. The molecule has 0 unspecified atom stereocenters. The monoisotopic (exact) mass is 528 g/mol. The Morgan fingerprint density at radius 3 is 2.59 bits per heavy atom. The summed E-state index contributed by atoms with van der Waals surface area (Å²) in [5, 5.41) is 0.496. The normalized spacial score (nSPS) is 16.9. The van der Waals surface area contributed by atoms with Gasteiger partial charge in [0.05, 0.1) is 17.3 Å². The number of Topliss-reactive ketones (excluding diaryl/α,β-unsaturated/α-hetero) is 1. The molecule has 1 fully saturated rings. The lowest BCUT2D eigenvalue weighted by atomic mass is 10.00. The minimum absolute atomic E-state index is 0.126. The molecular weight excluding hydrogens is 505 g/mol. The Bertz CT molecular complexity index is 1510.